The molecule has 2 aromatic carbocycles. The van der Waals surface area contributed by atoms with E-state index in [-0.39, 0.29) is 22.4 Å². The molecule has 0 fully saturated rings. The predicted molar refractivity (Wildman–Crippen MR) is 94.5 cm³/mol. The minimum Gasteiger partial charge on any atom is -0.508 e. The second-order valence-electron chi connectivity index (χ2n) is 5.26. The van der Waals surface area contributed by atoms with Crippen LogP contribution in [0.5, 0.6) is 5.75 Å². The summed E-state index contributed by atoms with van der Waals surface area (Å²) in [5.41, 5.74) is 0.890. The molecule has 26 heavy (non-hydrogen) atoms. The van der Waals surface area contributed by atoms with Crippen molar-refractivity contribution in [3.05, 3.63) is 60.5 Å². The third-order valence-corrected chi connectivity index (χ3v) is 4.20. The number of benzene rings is 2. The van der Waals surface area contributed by atoms with Gasteiger partial charge in [0, 0.05) is 11.4 Å². The lowest BCUT2D eigenvalue weighted by molar-refractivity contribution is 0.475. The van der Waals surface area contributed by atoms with Gasteiger partial charge in [-0.3, -0.25) is 0 Å². The van der Waals surface area contributed by atoms with Gasteiger partial charge in [0.05, 0.1) is 11.1 Å². The molecule has 0 aliphatic carbocycles. The SMILES string of the molecule is NS(=O)(=O)c1cccc(Nc2ncc(F)c(Nc3ccc(O)cc3)n2)c1. The maximum absolute atomic E-state index is 13.9. The summed E-state index contributed by atoms with van der Waals surface area (Å²) in [5, 5.41) is 19.9. The summed E-state index contributed by atoms with van der Waals surface area (Å²) >= 11 is 0. The zero-order chi connectivity index (χ0) is 18.7. The maximum Gasteiger partial charge on any atom is 0.238 e. The van der Waals surface area contributed by atoms with Gasteiger partial charge in [0.15, 0.2) is 11.6 Å². The number of hydrogen-bond donors (Lipinski definition) is 4. The molecule has 1 aromatic heterocycles. The van der Waals surface area contributed by atoms with Crippen LogP contribution in [0.3, 0.4) is 0 Å². The number of hydrogen-bond acceptors (Lipinski definition) is 7. The monoisotopic (exact) mass is 375 g/mol. The van der Waals surface area contributed by atoms with E-state index in [0.717, 1.165) is 6.20 Å². The van der Waals surface area contributed by atoms with E-state index in [1.807, 2.05) is 0 Å². The molecule has 8 nitrogen and oxygen atoms in total. The molecule has 0 amide bonds. The molecule has 10 heteroatoms. The minimum absolute atomic E-state index is 0.0549. The van der Waals surface area contributed by atoms with Crippen LogP contribution in [0.2, 0.25) is 0 Å². The molecule has 0 aliphatic rings. The van der Waals surface area contributed by atoms with Crippen molar-refractivity contribution in [3.63, 3.8) is 0 Å². The molecular weight excluding hydrogens is 361 g/mol. The normalized spacial score (nSPS) is 11.2. The van der Waals surface area contributed by atoms with Crippen LogP contribution in [-0.4, -0.2) is 23.5 Å². The Morgan fingerprint density at radius 1 is 1.04 bits per heavy atom. The average Bonchev–Trinajstić information content (AvgIpc) is 2.59. The molecule has 0 saturated carbocycles. The molecule has 3 rings (SSSR count). The Hall–Kier alpha value is -3.24. The van der Waals surface area contributed by atoms with Crippen molar-refractivity contribution < 1.29 is 17.9 Å². The van der Waals surface area contributed by atoms with Gasteiger partial charge >= 0.3 is 0 Å². The summed E-state index contributed by atoms with van der Waals surface area (Å²) in [6.45, 7) is 0. The molecule has 134 valence electrons. The summed E-state index contributed by atoms with van der Waals surface area (Å²) in [6, 6.07) is 11.8. The lowest BCUT2D eigenvalue weighted by Crippen LogP contribution is -2.12. The molecule has 3 aromatic rings. The summed E-state index contributed by atoms with van der Waals surface area (Å²) in [6.07, 6.45) is 0.974. The third kappa shape index (κ3) is 4.23. The van der Waals surface area contributed by atoms with E-state index in [2.05, 4.69) is 20.6 Å². The van der Waals surface area contributed by atoms with Crippen molar-refractivity contribution in [2.24, 2.45) is 5.14 Å². The van der Waals surface area contributed by atoms with Crippen LogP contribution in [0, 0.1) is 5.82 Å². The van der Waals surface area contributed by atoms with Crippen LogP contribution in [0.4, 0.5) is 27.5 Å². The van der Waals surface area contributed by atoms with Gasteiger partial charge in [-0.05, 0) is 42.5 Å². The number of rotatable bonds is 5. The molecular formula is C16H14FN5O3S. The van der Waals surface area contributed by atoms with E-state index in [9.17, 15) is 17.9 Å². The van der Waals surface area contributed by atoms with E-state index >= 15 is 0 Å². The van der Waals surface area contributed by atoms with E-state index in [4.69, 9.17) is 5.14 Å². The fourth-order valence-corrected chi connectivity index (χ4v) is 2.64. The molecule has 0 bridgehead atoms. The second-order valence-corrected chi connectivity index (χ2v) is 6.82. The second kappa shape index (κ2) is 6.94. The van der Waals surface area contributed by atoms with Gasteiger partial charge in [0.1, 0.15) is 5.75 Å². The third-order valence-electron chi connectivity index (χ3n) is 3.29. The van der Waals surface area contributed by atoms with Gasteiger partial charge in [-0.1, -0.05) is 6.07 Å². The van der Waals surface area contributed by atoms with Crippen LogP contribution >= 0.6 is 0 Å². The van der Waals surface area contributed by atoms with Gasteiger partial charge in [-0.2, -0.15) is 4.98 Å². The Morgan fingerprint density at radius 2 is 1.77 bits per heavy atom. The lowest BCUT2D eigenvalue weighted by atomic mass is 10.3. The van der Waals surface area contributed by atoms with Gasteiger partial charge in [-0.15, -0.1) is 0 Å². The number of halogens is 1. The fourth-order valence-electron chi connectivity index (χ4n) is 2.08. The number of nitrogens with one attached hydrogen (secondary N) is 2. The number of nitrogens with zero attached hydrogens (tertiary/aromatic N) is 2. The summed E-state index contributed by atoms with van der Waals surface area (Å²) in [7, 11) is -3.85. The Kier molecular flexibility index (Phi) is 4.69. The fraction of sp³-hybridized carbons (Fsp3) is 0. The van der Waals surface area contributed by atoms with E-state index in [0.29, 0.717) is 11.4 Å². The summed E-state index contributed by atoms with van der Waals surface area (Å²) in [5.74, 6) is -0.632. The van der Waals surface area contributed by atoms with Crippen molar-refractivity contribution in [3.8, 4) is 5.75 Å². The molecule has 0 spiro atoms. The van der Waals surface area contributed by atoms with Gasteiger partial charge in [0.25, 0.3) is 0 Å². The zero-order valence-corrected chi connectivity index (χ0v) is 14.0. The number of phenols is 1. The van der Waals surface area contributed by atoms with Crippen molar-refractivity contribution in [2.45, 2.75) is 4.90 Å². The number of aromatic hydroxyl groups is 1. The number of sulfonamides is 1. The number of phenolic OH excluding ortho intramolecular Hbond substituents is 1. The first kappa shape index (κ1) is 17.6. The van der Waals surface area contributed by atoms with Crippen LogP contribution < -0.4 is 15.8 Å². The zero-order valence-electron chi connectivity index (χ0n) is 13.2. The Morgan fingerprint density at radius 3 is 2.46 bits per heavy atom. The van der Waals surface area contributed by atoms with Gasteiger partial charge < -0.3 is 15.7 Å². The van der Waals surface area contributed by atoms with Gasteiger partial charge in [0.2, 0.25) is 16.0 Å². The number of aromatic nitrogens is 2. The predicted octanol–water partition coefficient (Wildman–Crippen LogP) is 2.46. The van der Waals surface area contributed by atoms with Gasteiger partial charge in [-0.25, -0.2) is 22.9 Å². The quantitative estimate of drug-likeness (QED) is 0.504. The molecule has 1 heterocycles. The van der Waals surface area contributed by atoms with E-state index < -0.39 is 15.8 Å². The smallest absolute Gasteiger partial charge is 0.238 e. The molecule has 0 saturated heterocycles. The van der Waals surface area contributed by atoms with Crippen LogP contribution in [0.15, 0.2) is 59.6 Å². The lowest BCUT2D eigenvalue weighted by Gasteiger charge is -2.10. The van der Waals surface area contributed by atoms with Crippen molar-refractivity contribution >= 4 is 33.2 Å². The molecule has 0 aliphatic heterocycles. The first-order valence-electron chi connectivity index (χ1n) is 7.30. The number of anilines is 4. The molecule has 0 unspecified atom stereocenters. The maximum atomic E-state index is 13.9. The van der Waals surface area contributed by atoms with Crippen molar-refractivity contribution in [1.29, 1.82) is 0 Å². The highest BCUT2D eigenvalue weighted by Gasteiger charge is 2.11. The average molecular weight is 375 g/mol. The Bertz CT molecular complexity index is 1040. The van der Waals surface area contributed by atoms with Crippen LogP contribution in [0.25, 0.3) is 0 Å². The Labute approximate surface area is 148 Å². The summed E-state index contributed by atoms with van der Waals surface area (Å²) < 4.78 is 36.7. The first-order chi connectivity index (χ1) is 12.3. The van der Waals surface area contributed by atoms with Crippen LogP contribution in [-0.2, 0) is 10.0 Å². The topological polar surface area (TPSA) is 130 Å². The highest BCUT2D eigenvalue weighted by Crippen LogP contribution is 2.22. The highest BCUT2D eigenvalue weighted by molar-refractivity contribution is 7.89. The molecule has 5 N–H and O–H groups in total. The number of nitrogens with two attached hydrogens (primary N) is 1. The van der Waals surface area contributed by atoms with Crippen molar-refractivity contribution in [1.82, 2.24) is 9.97 Å². The molecule has 0 radical (unpaired) electrons. The largest absolute Gasteiger partial charge is 0.508 e. The minimum atomic E-state index is -3.85. The Balaban J connectivity index is 1.84. The first-order valence-corrected chi connectivity index (χ1v) is 8.84. The van der Waals surface area contributed by atoms with Crippen LogP contribution in [0.1, 0.15) is 0 Å². The van der Waals surface area contributed by atoms with E-state index in [1.165, 1.54) is 30.3 Å². The summed E-state index contributed by atoms with van der Waals surface area (Å²) in [4.78, 5) is 7.77. The highest BCUT2D eigenvalue weighted by atomic mass is 32.2. The van der Waals surface area contributed by atoms with E-state index in [1.54, 1.807) is 18.2 Å². The molecule has 0 atom stereocenters. The van der Waals surface area contributed by atoms with Crippen molar-refractivity contribution in [2.75, 3.05) is 10.6 Å². The number of primary sulfonamides is 1. The standard InChI is InChI=1S/C16H14FN5O3S/c17-14-9-19-16(21-11-2-1-3-13(8-11)26(18,24)25)22-15(14)20-10-4-6-12(23)7-5-10/h1-9,23H,(H2,18,24,25)(H2,19,20,21,22).